The van der Waals surface area contributed by atoms with Gasteiger partial charge in [0.15, 0.2) is 0 Å². The van der Waals surface area contributed by atoms with Gasteiger partial charge in [-0.2, -0.15) is 0 Å². The van der Waals surface area contributed by atoms with Crippen molar-refractivity contribution in [1.29, 1.82) is 0 Å². The Kier molecular flexibility index (Phi) is 3.71. The Balaban J connectivity index is 2.04. The Morgan fingerprint density at radius 1 is 1.26 bits per heavy atom. The van der Waals surface area contributed by atoms with E-state index in [2.05, 4.69) is 4.90 Å². The smallest absolute Gasteiger partial charge is 0.411 e. The summed E-state index contributed by atoms with van der Waals surface area (Å²) in [5.74, 6) is -0.950. The Morgan fingerprint density at radius 3 is 2.32 bits per heavy atom. The third-order valence-corrected chi connectivity index (χ3v) is 3.60. The molecule has 19 heavy (non-hydrogen) atoms. The summed E-state index contributed by atoms with van der Waals surface area (Å²) in [5, 5.41) is 9.25. The third-order valence-electron chi connectivity index (χ3n) is 3.60. The number of hydrogen-bond donors (Lipinski definition) is 1. The molecular formula is C13H22N2O4. The van der Waals surface area contributed by atoms with Gasteiger partial charge in [-0.1, -0.05) is 0 Å². The largest absolute Gasteiger partial charge is 0.480 e. The van der Waals surface area contributed by atoms with Crippen LogP contribution in [0.15, 0.2) is 0 Å². The van der Waals surface area contributed by atoms with Crippen LogP contribution in [0, 0.1) is 0 Å². The highest BCUT2D eigenvalue weighted by Gasteiger charge is 2.44. The number of aliphatic carboxylic acids is 1. The van der Waals surface area contributed by atoms with Crippen molar-refractivity contribution >= 4 is 12.1 Å². The first kappa shape index (κ1) is 14.1. The van der Waals surface area contributed by atoms with Gasteiger partial charge < -0.3 is 9.84 Å². The van der Waals surface area contributed by atoms with Crippen molar-refractivity contribution in [3.8, 4) is 0 Å². The van der Waals surface area contributed by atoms with Gasteiger partial charge in [-0.05, 0) is 46.7 Å². The highest BCUT2D eigenvalue weighted by atomic mass is 16.6. The molecule has 0 aliphatic carbocycles. The van der Waals surface area contributed by atoms with Gasteiger partial charge in [0.05, 0.1) is 0 Å². The van der Waals surface area contributed by atoms with Gasteiger partial charge >= 0.3 is 12.1 Å². The van der Waals surface area contributed by atoms with Gasteiger partial charge in [-0.15, -0.1) is 0 Å². The molecule has 2 aliphatic heterocycles. The van der Waals surface area contributed by atoms with Gasteiger partial charge in [0.25, 0.3) is 0 Å². The second-order valence-electron chi connectivity index (χ2n) is 6.27. The number of likely N-dealkylation sites (tertiary alicyclic amines) is 2. The van der Waals surface area contributed by atoms with E-state index < -0.39 is 23.7 Å². The van der Waals surface area contributed by atoms with Crippen molar-refractivity contribution in [1.82, 2.24) is 9.80 Å². The predicted molar refractivity (Wildman–Crippen MR) is 69.0 cm³/mol. The van der Waals surface area contributed by atoms with E-state index in [0.717, 1.165) is 19.5 Å². The average Bonchev–Trinajstić information content (AvgIpc) is 2.56. The Bertz CT molecular complexity index is 373. The highest BCUT2D eigenvalue weighted by molar-refractivity contribution is 5.81. The molecule has 0 radical (unpaired) electrons. The molecule has 2 rings (SSSR count). The third kappa shape index (κ3) is 3.18. The Labute approximate surface area is 113 Å². The monoisotopic (exact) mass is 270 g/mol. The van der Waals surface area contributed by atoms with E-state index in [0.29, 0.717) is 13.0 Å². The highest BCUT2D eigenvalue weighted by Crippen LogP contribution is 2.27. The molecular weight excluding hydrogens is 248 g/mol. The van der Waals surface area contributed by atoms with E-state index in [1.807, 2.05) is 0 Å². The molecule has 2 saturated heterocycles. The number of carbonyl (C=O) groups excluding carboxylic acids is 1. The number of nitrogens with zero attached hydrogens (tertiary/aromatic N) is 2. The zero-order chi connectivity index (χ0) is 14.2. The number of carboxylic acid groups (broad SMARTS) is 1. The standard InChI is InChI=1S/C13H22N2O4/c1-13(2,3)19-12(18)15-8-9(14-5-4-6-14)7-10(15)11(16)17/h9-10H,4-8H2,1-3H3,(H,16,17)/t9-,10-/m0/s1. The quantitative estimate of drug-likeness (QED) is 0.815. The number of hydrogen-bond acceptors (Lipinski definition) is 4. The van der Waals surface area contributed by atoms with Gasteiger partial charge in [0.1, 0.15) is 11.6 Å². The molecule has 0 bridgehead atoms. The van der Waals surface area contributed by atoms with Gasteiger partial charge in [0, 0.05) is 12.6 Å². The molecule has 0 aromatic rings. The molecule has 0 saturated carbocycles. The molecule has 0 aromatic carbocycles. The molecule has 0 unspecified atom stereocenters. The lowest BCUT2D eigenvalue weighted by atomic mass is 10.1. The molecule has 1 N–H and O–H groups in total. The van der Waals surface area contributed by atoms with Crippen LogP contribution in [0.3, 0.4) is 0 Å². The van der Waals surface area contributed by atoms with E-state index in [4.69, 9.17) is 4.74 Å². The fourth-order valence-corrected chi connectivity index (χ4v) is 2.54. The maximum atomic E-state index is 12.1. The van der Waals surface area contributed by atoms with Crippen LogP contribution in [0.25, 0.3) is 0 Å². The summed E-state index contributed by atoms with van der Waals surface area (Å²) >= 11 is 0. The van der Waals surface area contributed by atoms with Crippen LogP contribution in [0.2, 0.25) is 0 Å². The normalized spacial score (nSPS) is 28.1. The topological polar surface area (TPSA) is 70.1 Å². The fourth-order valence-electron chi connectivity index (χ4n) is 2.54. The fraction of sp³-hybridized carbons (Fsp3) is 0.846. The van der Waals surface area contributed by atoms with Crippen LogP contribution in [0.5, 0.6) is 0 Å². The van der Waals surface area contributed by atoms with Crippen molar-refractivity contribution in [2.24, 2.45) is 0 Å². The molecule has 108 valence electrons. The number of rotatable bonds is 2. The average molecular weight is 270 g/mol. The van der Waals surface area contributed by atoms with Crippen molar-refractivity contribution in [2.45, 2.75) is 51.3 Å². The second-order valence-corrected chi connectivity index (χ2v) is 6.27. The maximum absolute atomic E-state index is 12.1. The zero-order valence-electron chi connectivity index (χ0n) is 11.8. The molecule has 2 fully saturated rings. The number of carbonyl (C=O) groups is 2. The number of ether oxygens (including phenoxy) is 1. The summed E-state index contributed by atoms with van der Waals surface area (Å²) in [7, 11) is 0. The lowest BCUT2D eigenvalue weighted by Crippen LogP contribution is -2.47. The molecule has 2 atom stereocenters. The number of carboxylic acids is 1. The van der Waals surface area contributed by atoms with Crippen molar-refractivity contribution in [3.63, 3.8) is 0 Å². The van der Waals surface area contributed by atoms with Crippen LogP contribution in [0.4, 0.5) is 4.79 Å². The SMILES string of the molecule is CC(C)(C)OC(=O)N1C[C@@H](N2CCC2)C[C@H]1C(=O)O. The molecule has 0 aromatic heterocycles. The van der Waals surface area contributed by atoms with Crippen molar-refractivity contribution in [2.75, 3.05) is 19.6 Å². The second kappa shape index (κ2) is 5.00. The lowest BCUT2D eigenvalue weighted by molar-refractivity contribution is -0.142. The van der Waals surface area contributed by atoms with Crippen LogP contribution in [0.1, 0.15) is 33.6 Å². The molecule has 6 heteroatoms. The Hall–Kier alpha value is -1.30. The van der Waals surface area contributed by atoms with Crippen molar-refractivity contribution in [3.05, 3.63) is 0 Å². The molecule has 2 aliphatic rings. The van der Waals surface area contributed by atoms with Crippen LogP contribution >= 0.6 is 0 Å². The first-order chi connectivity index (χ1) is 8.78. The lowest BCUT2D eigenvalue weighted by Gasteiger charge is -2.36. The molecule has 1 amide bonds. The van der Waals surface area contributed by atoms with E-state index >= 15 is 0 Å². The first-order valence-corrected chi connectivity index (χ1v) is 6.74. The summed E-state index contributed by atoms with van der Waals surface area (Å²) in [6.07, 6.45) is 1.12. The van der Waals surface area contributed by atoms with E-state index in [1.165, 1.54) is 4.90 Å². The van der Waals surface area contributed by atoms with Crippen LogP contribution < -0.4 is 0 Å². The van der Waals surface area contributed by atoms with Gasteiger partial charge in [0.2, 0.25) is 0 Å². The minimum atomic E-state index is -0.950. The zero-order valence-corrected chi connectivity index (χ0v) is 11.8. The molecule has 2 heterocycles. The summed E-state index contributed by atoms with van der Waals surface area (Å²) < 4.78 is 5.29. The van der Waals surface area contributed by atoms with Gasteiger partial charge in [-0.3, -0.25) is 9.80 Å². The van der Waals surface area contributed by atoms with E-state index in [-0.39, 0.29) is 6.04 Å². The number of amides is 1. The first-order valence-electron chi connectivity index (χ1n) is 6.74. The van der Waals surface area contributed by atoms with E-state index in [1.54, 1.807) is 20.8 Å². The minimum absolute atomic E-state index is 0.155. The minimum Gasteiger partial charge on any atom is -0.480 e. The molecule has 6 nitrogen and oxygen atoms in total. The summed E-state index contributed by atoms with van der Waals surface area (Å²) in [6, 6.07) is -0.609. The van der Waals surface area contributed by atoms with E-state index in [9.17, 15) is 14.7 Å². The maximum Gasteiger partial charge on any atom is 0.411 e. The molecule has 0 spiro atoms. The Morgan fingerprint density at radius 2 is 1.89 bits per heavy atom. The van der Waals surface area contributed by atoms with Crippen LogP contribution in [-0.4, -0.2) is 64.3 Å². The summed E-state index contributed by atoms with van der Waals surface area (Å²) in [4.78, 5) is 27.0. The predicted octanol–water partition coefficient (Wildman–Crippen LogP) is 1.15. The van der Waals surface area contributed by atoms with Gasteiger partial charge in [-0.25, -0.2) is 9.59 Å². The summed E-state index contributed by atoms with van der Waals surface area (Å²) in [6.45, 7) is 7.79. The van der Waals surface area contributed by atoms with Crippen molar-refractivity contribution < 1.29 is 19.4 Å². The van der Waals surface area contributed by atoms with Crippen LogP contribution in [-0.2, 0) is 9.53 Å². The summed E-state index contributed by atoms with van der Waals surface area (Å²) in [5.41, 5.74) is -0.602.